The molecule has 0 aliphatic heterocycles. The summed E-state index contributed by atoms with van der Waals surface area (Å²) in [5.41, 5.74) is 2.16. The molecular weight excluding hydrogens is 379 g/mol. The molecule has 0 saturated carbocycles. The fourth-order valence-corrected chi connectivity index (χ4v) is 3.18. The van der Waals surface area contributed by atoms with Gasteiger partial charge in [0.25, 0.3) is 0 Å². The van der Waals surface area contributed by atoms with Gasteiger partial charge in [0.05, 0.1) is 5.69 Å². The third kappa shape index (κ3) is 5.34. The minimum absolute atomic E-state index is 0.0394. The SMILES string of the molecule is CC(=O)N/C(=C/c1ccccc1)C(=O)OCc1csc(-c2ccc(F)cc2)n1. The summed E-state index contributed by atoms with van der Waals surface area (Å²) in [4.78, 5) is 28.2. The maximum absolute atomic E-state index is 13.0. The molecule has 5 nitrogen and oxygen atoms in total. The highest BCUT2D eigenvalue weighted by atomic mass is 32.1. The first kappa shape index (κ1) is 19.4. The molecule has 0 bridgehead atoms. The summed E-state index contributed by atoms with van der Waals surface area (Å²) in [5, 5.41) is 4.97. The number of nitrogens with one attached hydrogen (secondary N) is 1. The second kappa shape index (κ2) is 9.05. The minimum Gasteiger partial charge on any atom is -0.454 e. The number of hydrogen-bond donors (Lipinski definition) is 1. The monoisotopic (exact) mass is 396 g/mol. The lowest BCUT2D eigenvalue weighted by Gasteiger charge is -2.08. The van der Waals surface area contributed by atoms with Crippen molar-refractivity contribution in [3.05, 3.63) is 82.7 Å². The number of nitrogens with zero attached hydrogens (tertiary/aromatic N) is 1. The van der Waals surface area contributed by atoms with E-state index in [1.54, 1.807) is 23.6 Å². The minimum atomic E-state index is -0.657. The number of ether oxygens (including phenoxy) is 1. The van der Waals surface area contributed by atoms with E-state index >= 15 is 0 Å². The van der Waals surface area contributed by atoms with Gasteiger partial charge in [0.2, 0.25) is 5.91 Å². The number of thiazole rings is 1. The molecule has 0 spiro atoms. The molecule has 3 rings (SSSR count). The van der Waals surface area contributed by atoms with Crippen molar-refractivity contribution in [1.29, 1.82) is 0 Å². The van der Waals surface area contributed by atoms with E-state index in [0.717, 1.165) is 11.1 Å². The Morgan fingerprint density at radius 1 is 1.14 bits per heavy atom. The van der Waals surface area contributed by atoms with E-state index in [9.17, 15) is 14.0 Å². The van der Waals surface area contributed by atoms with E-state index in [4.69, 9.17) is 4.74 Å². The molecule has 0 aliphatic rings. The Balaban J connectivity index is 1.68. The number of amides is 1. The second-order valence-corrected chi connectivity index (χ2v) is 6.74. The molecule has 0 aliphatic carbocycles. The lowest BCUT2D eigenvalue weighted by atomic mass is 10.2. The van der Waals surface area contributed by atoms with Gasteiger partial charge in [-0.15, -0.1) is 11.3 Å². The van der Waals surface area contributed by atoms with Gasteiger partial charge in [-0.2, -0.15) is 0 Å². The van der Waals surface area contributed by atoms with Crippen LogP contribution in [0.2, 0.25) is 0 Å². The van der Waals surface area contributed by atoms with Gasteiger partial charge in [-0.1, -0.05) is 30.3 Å². The Hall–Kier alpha value is -3.32. The van der Waals surface area contributed by atoms with Crippen LogP contribution in [0.5, 0.6) is 0 Å². The number of esters is 1. The quantitative estimate of drug-likeness (QED) is 0.502. The molecule has 0 saturated heterocycles. The average molecular weight is 396 g/mol. The summed E-state index contributed by atoms with van der Waals surface area (Å²) in [5.74, 6) is -1.34. The van der Waals surface area contributed by atoms with Crippen molar-refractivity contribution in [2.45, 2.75) is 13.5 Å². The number of halogens is 1. The van der Waals surface area contributed by atoms with Crippen LogP contribution in [0.4, 0.5) is 4.39 Å². The summed E-state index contributed by atoms with van der Waals surface area (Å²) < 4.78 is 18.3. The van der Waals surface area contributed by atoms with Crippen molar-refractivity contribution >= 4 is 29.3 Å². The Labute approximate surface area is 165 Å². The van der Waals surface area contributed by atoms with Gasteiger partial charge in [-0.25, -0.2) is 14.2 Å². The zero-order valence-electron chi connectivity index (χ0n) is 15.0. The third-order valence-electron chi connectivity index (χ3n) is 3.64. The van der Waals surface area contributed by atoms with Crippen LogP contribution >= 0.6 is 11.3 Å². The van der Waals surface area contributed by atoms with Crippen LogP contribution in [0.3, 0.4) is 0 Å². The maximum atomic E-state index is 13.0. The molecule has 2 aromatic carbocycles. The predicted octanol–water partition coefficient (Wildman–Crippen LogP) is 4.17. The van der Waals surface area contributed by atoms with Gasteiger partial charge in [0.15, 0.2) is 0 Å². The maximum Gasteiger partial charge on any atom is 0.355 e. The fourth-order valence-electron chi connectivity index (χ4n) is 2.37. The van der Waals surface area contributed by atoms with Crippen molar-refractivity contribution in [2.75, 3.05) is 0 Å². The molecule has 0 atom stereocenters. The van der Waals surface area contributed by atoms with Gasteiger partial charge in [-0.05, 0) is 35.9 Å². The van der Waals surface area contributed by atoms with Gasteiger partial charge < -0.3 is 10.1 Å². The van der Waals surface area contributed by atoms with Gasteiger partial charge in [0.1, 0.15) is 23.1 Å². The summed E-state index contributed by atoms with van der Waals surface area (Å²) in [6, 6.07) is 15.1. The van der Waals surface area contributed by atoms with Crippen LogP contribution in [0, 0.1) is 5.82 Å². The number of aromatic nitrogens is 1. The zero-order valence-corrected chi connectivity index (χ0v) is 15.8. The van der Waals surface area contributed by atoms with Crippen LogP contribution < -0.4 is 5.32 Å². The second-order valence-electron chi connectivity index (χ2n) is 5.88. The molecular formula is C21H17FN2O3S. The Morgan fingerprint density at radius 3 is 2.54 bits per heavy atom. The summed E-state index contributed by atoms with van der Waals surface area (Å²) in [6.45, 7) is 1.28. The van der Waals surface area contributed by atoms with Gasteiger partial charge in [0, 0.05) is 17.9 Å². The van der Waals surface area contributed by atoms with E-state index in [2.05, 4.69) is 10.3 Å². The molecule has 1 N–H and O–H groups in total. The number of hydrogen-bond acceptors (Lipinski definition) is 5. The van der Waals surface area contributed by atoms with E-state index in [1.807, 2.05) is 30.3 Å². The first-order chi connectivity index (χ1) is 13.5. The first-order valence-electron chi connectivity index (χ1n) is 8.43. The Kier molecular flexibility index (Phi) is 6.29. The lowest BCUT2D eigenvalue weighted by Crippen LogP contribution is -2.26. The number of rotatable bonds is 6. The van der Waals surface area contributed by atoms with Gasteiger partial charge in [-0.3, -0.25) is 4.79 Å². The summed E-state index contributed by atoms with van der Waals surface area (Å²) >= 11 is 1.37. The Morgan fingerprint density at radius 2 is 1.86 bits per heavy atom. The van der Waals surface area contributed by atoms with Crippen LogP contribution in [0.25, 0.3) is 16.6 Å². The van der Waals surface area contributed by atoms with Crippen molar-refractivity contribution in [2.24, 2.45) is 0 Å². The smallest absolute Gasteiger partial charge is 0.355 e. The fraction of sp³-hybridized carbons (Fsp3) is 0.0952. The molecule has 142 valence electrons. The molecule has 1 aromatic heterocycles. The number of carbonyl (C=O) groups excluding carboxylic acids is 2. The Bertz CT molecular complexity index is 998. The van der Waals surface area contributed by atoms with Crippen LogP contribution in [0.1, 0.15) is 18.2 Å². The van der Waals surface area contributed by atoms with Crippen LogP contribution in [0.15, 0.2) is 65.7 Å². The highest BCUT2D eigenvalue weighted by Gasteiger charge is 2.14. The van der Waals surface area contributed by atoms with Crippen LogP contribution in [-0.4, -0.2) is 16.9 Å². The van der Waals surface area contributed by atoms with Crippen molar-refractivity contribution in [3.63, 3.8) is 0 Å². The lowest BCUT2D eigenvalue weighted by molar-refractivity contribution is -0.141. The molecule has 1 heterocycles. The zero-order chi connectivity index (χ0) is 19.9. The molecule has 28 heavy (non-hydrogen) atoms. The molecule has 1 amide bonds. The number of benzene rings is 2. The topological polar surface area (TPSA) is 68.3 Å². The van der Waals surface area contributed by atoms with E-state index in [0.29, 0.717) is 10.7 Å². The average Bonchev–Trinajstić information content (AvgIpc) is 3.15. The highest BCUT2D eigenvalue weighted by Crippen LogP contribution is 2.24. The predicted molar refractivity (Wildman–Crippen MR) is 106 cm³/mol. The summed E-state index contributed by atoms with van der Waals surface area (Å²) in [6.07, 6.45) is 1.55. The first-order valence-corrected chi connectivity index (χ1v) is 9.31. The molecule has 3 aromatic rings. The van der Waals surface area contributed by atoms with E-state index < -0.39 is 5.97 Å². The van der Waals surface area contributed by atoms with Crippen molar-refractivity contribution in [1.82, 2.24) is 10.3 Å². The van der Waals surface area contributed by atoms with E-state index in [-0.39, 0.29) is 24.0 Å². The normalized spacial score (nSPS) is 11.1. The molecule has 0 radical (unpaired) electrons. The third-order valence-corrected chi connectivity index (χ3v) is 4.58. The van der Waals surface area contributed by atoms with Crippen molar-refractivity contribution < 1.29 is 18.7 Å². The summed E-state index contributed by atoms with van der Waals surface area (Å²) in [7, 11) is 0. The molecule has 0 unspecified atom stereocenters. The van der Waals surface area contributed by atoms with E-state index in [1.165, 1.54) is 30.4 Å². The highest BCUT2D eigenvalue weighted by molar-refractivity contribution is 7.13. The molecule has 7 heteroatoms. The van der Waals surface area contributed by atoms with Crippen molar-refractivity contribution in [3.8, 4) is 10.6 Å². The molecule has 0 fully saturated rings. The largest absolute Gasteiger partial charge is 0.454 e. The van der Waals surface area contributed by atoms with Crippen LogP contribution in [-0.2, 0) is 20.9 Å². The van der Waals surface area contributed by atoms with Gasteiger partial charge >= 0.3 is 5.97 Å². The standard InChI is InChI=1S/C21H17FN2O3S/c1-14(25)23-19(11-15-5-3-2-4-6-15)21(26)27-12-18-13-28-20(24-18)16-7-9-17(22)10-8-16/h2-11,13H,12H2,1H3,(H,23,25)/b19-11+. The number of carbonyl (C=O) groups is 2.